The van der Waals surface area contributed by atoms with E-state index in [0.29, 0.717) is 12.8 Å². The zero-order valence-electron chi connectivity index (χ0n) is 8.62. The molecule has 0 amide bonds. The number of thioether (sulfide) groups is 1. The van der Waals surface area contributed by atoms with Crippen LogP contribution in [0.4, 0.5) is 0 Å². The van der Waals surface area contributed by atoms with Crippen molar-refractivity contribution in [2.24, 2.45) is 5.73 Å². The average Bonchev–Trinajstić information content (AvgIpc) is 2.14. The van der Waals surface area contributed by atoms with E-state index in [9.17, 15) is 9.59 Å². The van der Waals surface area contributed by atoms with Crippen LogP contribution in [0.5, 0.6) is 0 Å². The zero-order chi connectivity index (χ0) is 11.0. The first-order valence-corrected chi connectivity index (χ1v) is 6.00. The van der Waals surface area contributed by atoms with Gasteiger partial charge in [-0.2, -0.15) is 11.8 Å². The van der Waals surface area contributed by atoms with E-state index in [4.69, 9.17) is 5.73 Å². The number of hydrogen-bond acceptors (Lipinski definition) is 5. The summed E-state index contributed by atoms with van der Waals surface area (Å²) >= 11 is 1.60. The Kier molecular flexibility index (Phi) is 13.5. The Morgan fingerprint density at radius 3 is 2.53 bits per heavy atom. The average molecular weight is 261 g/mol. The number of ether oxygens (including phenoxy) is 1. The van der Waals surface area contributed by atoms with Crippen LogP contribution in [0.1, 0.15) is 26.2 Å². The number of nitrogens with two attached hydrogens (primary N) is 1. The van der Waals surface area contributed by atoms with Gasteiger partial charge in [-0.1, -0.05) is 6.92 Å². The minimum atomic E-state index is -0.678. The first-order chi connectivity index (χ1) is 6.61. The SMILES string of the molecule is CCCC(=O)OC(=O)[C@@H](N)CCSC.[CaH2]. The monoisotopic (exact) mass is 261 g/mol. The normalized spacial score (nSPS) is 11.4. The number of esters is 2. The van der Waals surface area contributed by atoms with E-state index >= 15 is 0 Å². The van der Waals surface area contributed by atoms with Gasteiger partial charge >= 0.3 is 49.7 Å². The molecule has 0 heterocycles. The molecule has 0 aromatic carbocycles. The molecular weight excluding hydrogens is 242 g/mol. The summed E-state index contributed by atoms with van der Waals surface area (Å²) in [4.78, 5) is 22.1. The Morgan fingerprint density at radius 2 is 2.07 bits per heavy atom. The molecule has 4 nitrogen and oxygen atoms in total. The third-order valence-corrected chi connectivity index (χ3v) is 2.25. The van der Waals surface area contributed by atoms with Gasteiger partial charge in [-0.05, 0) is 24.9 Å². The molecule has 0 unspecified atom stereocenters. The molecule has 0 fully saturated rings. The van der Waals surface area contributed by atoms with E-state index in [0.717, 1.165) is 5.75 Å². The summed E-state index contributed by atoms with van der Waals surface area (Å²) in [6.45, 7) is 1.85. The third kappa shape index (κ3) is 9.63. The summed E-state index contributed by atoms with van der Waals surface area (Å²) < 4.78 is 4.54. The second kappa shape index (κ2) is 11.2. The standard InChI is InChI=1S/C9H17NO3S.Ca.2H/c1-3-4-8(11)13-9(12)7(10)5-6-14-2;;;/h7H,3-6,10H2,1-2H3;;;/t7-;;;/m0.../s1. The van der Waals surface area contributed by atoms with Gasteiger partial charge in [-0.3, -0.25) is 4.79 Å². The summed E-state index contributed by atoms with van der Waals surface area (Å²) in [5.41, 5.74) is 5.51. The molecule has 1 atom stereocenters. The van der Waals surface area contributed by atoms with Crippen molar-refractivity contribution in [2.45, 2.75) is 32.2 Å². The van der Waals surface area contributed by atoms with E-state index < -0.39 is 18.0 Å². The Labute approximate surface area is 125 Å². The first-order valence-electron chi connectivity index (χ1n) is 4.60. The fourth-order valence-corrected chi connectivity index (χ4v) is 1.30. The van der Waals surface area contributed by atoms with Crippen molar-refractivity contribution in [3.8, 4) is 0 Å². The van der Waals surface area contributed by atoms with Crippen LogP contribution in [0.15, 0.2) is 0 Å². The van der Waals surface area contributed by atoms with Crippen molar-refractivity contribution in [3.63, 3.8) is 0 Å². The van der Waals surface area contributed by atoms with E-state index in [1.807, 2.05) is 13.2 Å². The van der Waals surface area contributed by atoms with Crippen molar-refractivity contribution < 1.29 is 14.3 Å². The van der Waals surface area contributed by atoms with Gasteiger partial charge in [-0.25, -0.2) is 4.79 Å². The number of carbonyl (C=O) groups is 2. The molecule has 0 rings (SSSR count). The fourth-order valence-electron chi connectivity index (χ4n) is 0.806. The molecule has 0 radical (unpaired) electrons. The van der Waals surface area contributed by atoms with E-state index in [1.165, 1.54) is 0 Å². The van der Waals surface area contributed by atoms with Crippen molar-refractivity contribution in [1.29, 1.82) is 0 Å². The van der Waals surface area contributed by atoms with Gasteiger partial charge in [0.25, 0.3) is 0 Å². The first kappa shape index (κ1) is 18.1. The predicted octanol–water partition coefficient (Wildman–Crippen LogP) is 0.0205. The molecule has 86 valence electrons. The molecule has 0 aliphatic heterocycles. The molecular formula is C9H19CaNO3S. The molecule has 0 aliphatic carbocycles. The molecule has 2 N–H and O–H groups in total. The van der Waals surface area contributed by atoms with Crippen LogP contribution in [-0.2, 0) is 14.3 Å². The third-order valence-electron chi connectivity index (χ3n) is 1.60. The fraction of sp³-hybridized carbons (Fsp3) is 0.778. The molecule has 0 saturated heterocycles. The molecule has 15 heavy (non-hydrogen) atoms. The molecule has 0 aromatic heterocycles. The van der Waals surface area contributed by atoms with Gasteiger partial charge < -0.3 is 10.5 Å². The molecule has 0 spiro atoms. The topological polar surface area (TPSA) is 69.4 Å². The molecule has 0 saturated carbocycles. The quantitative estimate of drug-likeness (QED) is 0.415. The zero-order valence-corrected chi connectivity index (χ0v) is 9.43. The van der Waals surface area contributed by atoms with Gasteiger partial charge in [-0.15, -0.1) is 0 Å². The van der Waals surface area contributed by atoms with E-state index in [1.54, 1.807) is 11.8 Å². The van der Waals surface area contributed by atoms with Crippen LogP contribution >= 0.6 is 11.8 Å². The number of rotatable bonds is 6. The van der Waals surface area contributed by atoms with Crippen molar-refractivity contribution in [2.75, 3.05) is 12.0 Å². The maximum absolute atomic E-state index is 11.2. The van der Waals surface area contributed by atoms with Gasteiger partial charge in [0, 0.05) is 6.42 Å². The Balaban J connectivity index is 0. The van der Waals surface area contributed by atoms with Gasteiger partial charge in [0.05, 0.1) is 0 Å². The van der Waals surface area contributed by atoms with Gasteiger partial charge in [0.1, 0.15) is 6.04 Å². The number of carbonyl (C=O) groups excluding carboxylic acids is 2. The molecule has 6 heteroatoms. The predicted molar refractivity (Wildman–Crippen MR) is 65.5 cm³/mol. The van der Waals surface area contributed by atoms with Crippen LogP contribution in [0.25, 0.3) is 0 Å². The van der Waals surface area contributed by atoms with Crippen molar-refractivity contribution in [1.82, 2.24) is 0 Å². The molecule has 0 aromatic rings. The Hall–Kier alpha value is 0.710. The molecule has 0 aliphatic rings. The second-order valence-electron chi connectivity index (χ2n) is 2.93. The van der Waals surface area contributed by atoms with Crippen molar-refractivity contribution >= 4 is 61.4 Å². The number of hydrogen-bond donors (Lipinski definition) is 1. The van der Waals surface area contributed by atoms with Gasteiger partial charge in [0.2, 0.25) is 0 Å². The van der Waals surface area contributed by atoms with Crippen LogP contribution in [0, 0.1) is 0 Å². The Bertz CT molecular complexity index is 202. The summed E-state index contributed by atoms with van der Waals surface area (Å²) in [5, 5.41) is 0. The maximum atomic E-state index is 11.2. The molecule has 0 bridgehead atoms. The van der Waals surface area contributed by atoms with E-state index in [-0.39, 0.29) is 44.2 Å². The van der Waals surface area contributed by atoms with Crippen LogP contribution in [-0.4, -0.2) is 67.7 Å². The van der Waals surface area contributed by atoms with Crippen molar-refractivity contribution in [3.05, 3.63) is 0 Å². The summed E-state index contributed by atoms with van der Waals surface area (Å²) in [5.74, 6) is -0.312. The van der Waals surface area contributed by atoms with Gasteiger partial charge in [0.15, 0.2) is 0 Å². The van der Waals surface area contributed by atoms with Crippen LogP contribution in [0.2, 0.25) is 0 Å². The van der Waals surface area contributed by atoms with Crippen LogP contribution in [0.3, 0.4) is 0 Å². The summed E-state index contributed by atoms with van der Waals surface area (Å²) in [6.07, 6.45) is 3.41. The van der Waals surface area contributed by atoms with E-state index in [2.05, 4.69) is 4.74 Å². The van der Waals surface area contributed by atoms with Crippen LogP contribution < -0.4 is 5.73 Å². The second-order valence-corrected chi connectivity index (χ2v) is 3.92. The summed E-state index contributed by atoms with van der Waals surface area (Å²) in [6, 6.07) is -0.678. The Morgan fingerprint density at radius 1 is 1.47 bits per heavy atom. The minimum absolute atomic E-state index is 0. The summed E-state index contributed by atoms with van der Waals surface area (Å²) in [7, 11) is 0.